The number of thiophene rings is 1. The standard InChI is InChI=1S/C13H18N2O3S/c1-17-8-11(18-2)7-15-13(16)10-6-12(19-9-10)4-3-5-14/h6,9,11H,5,7-8,14H2,1-2H3,(H,15,16). The van der Waals surface area contributed by atoms with E-state index in [4.69, 9.17) is 15.2 Å². The first kappa shape index (κ1) is 15.7. The number of carbonyl (C=O) groups is 1. The first-order valence-electron chi connectivity index (χ1n) is 5.78. The van der Waals surface area contributed by atoms with Gasteiger partial charge in [-0.15, -0.1) is 11.3 Å². The summed E-state index contributed by atoms with van der Waals surface area (Å²) in [4.78, 5) is 12.7. The van der Waals surface area contributed by atoms with Gasteiger partial charge in [-0.2, -0.15) is 0 Å². The van der Waals surface area contributed by atoms with Crippen LogP contribution in [0.5, 0.6) is 0 Å². The molecule has 1 heterocycles. The van der Waals surface area contributed by atoms with E-state index in [9.17, 15) is 4.79 Å². The molecule has 1 atom stereocenters. The Morgan fingerprint density at radius 2 is 2.37 bits per heavy atom. The Balaban J connectivity index is 2.51. The van der Waals surface area contributed by atoms with Gasteiger partial charge >= 0.3 is 0 Å². The van der Waals surface area contributed by atoms with Crippen LogP contribution in [0.1, 0.15) is 15.2 Å². The molecule has 104 valence electrons. The Hall–Kier alpha value is -1.39. The van der Waals surface area contributed by atoms with Crippen LogP contribution in [0.25, 0.3) is 0 Å². The van der Waals surface area contributed by atoms with E-state index in [0.29, 0.717) is 25.3 Å². The van der Waals surface area contributed by atoms with Gasteiger partial charge in [0.2, 0.25) is 0 Å². The first-order chi connectivity index (χ1) is 9.21. The van der Waals surface area contributed by atoms with Crippen LogP contribution in [0.15, 0.2) is 11.4 Å². The summed E-state index contributed by atoms with van der Waals surface area (Å²) >= 11 is 1.42. The van der Waals surface area contributed by atoms with Crippen LogP contribution in [0.2, 0.25) is 0 Å². The fraction of sp³-hybridized carbons (Fsp3) is 0.462. The molecule has 0 aromatic carbocycles. The number of ether oxygens (including phenoxy) is 2. The number of nitrogens with one attached hydrogen (secondary N) is 1. The van der Waals surface area contributed by atoms with Crippen molar-refractivity contribution in [3.63, 3.8) is 0 Å². The lowest BCUT2D eigenvalue weighted by molar-refractivity contribution is 0.0285. The monoisotopic (exact) mass is 282 g/mol. The van der Waals surface area contributed by atoms with Crippen molar-refractivity contribution in [1.29, 1.82) is 0 Å². The molecule has 0 saturated heterocycles. The Bertz CT molecular complexity index is 462. The van der Waals surface area contributed by atoms with Crippen molar-refractivity contribution >= 4 is 17.2 Å². The van der Waals surface area contributed by atoms with Gasteiger partial charge in [-0.25, -0.2) is 0 Å². The van der Waals surface area contributed by atoms with Crippen molar-refractivity contribution < 1.29 is 14.3 Å². The lowest BCUT2D eigenvalue weighted by atomic mass is 10.2. The number of nitrogens with two attached hydrogens (primary N) is 1. The van der Waals surface area contributed by atoms with Gasteiger partial charge in [-0.3, -0.25) is 4.79 Å². The van der Waals surface area contributed by atoms with Gasteiger partial charge in [0.25, 0.3) is 5.91 Å². The van der Waals surface area contributed by atoms with Crippen molar-refractivity contribution in [2.45, 2.75) is 6.10 Å². The highest BCUT2D eigenvalue weighted by Crippen LogP contribution is 2.13. The molecule has 5 nitrogen and oxygen atoms in total. The van der Waals surface area contributed by atoms with Crippen LogP contribution in [0, 0.1) is 11.8 Å². The third-order valence-corrected chi connectivity index (χ3v) is 3.20. The van der Waals surface area contributed by atoms with Crippen LogP contribution >= 0.6 is 11.3 Å². The zero-order valence-electron chi connectivity index (χ0n) is 11.1. The minimum Gasteiger partial charge on any atom is -0.382 e. The van der Waals surface area contributed by atoms with Gasteiger partial charge in [-0.05, 0) is 6.07 Å². The second-order valence-corrected chi connectivity index (χ2v) is 4.64. The molecule has 0 bridgehead atoms. The molecule has 0 aliphatic heterocycles. The van der Waals surface area contributed by atoms with E-state index in [0.717, 1.165) is 4.88 Å². The van der Waals surface area contributed by atoms with Crippen LogP contribution < -0.4 is 11.1 Å². The maximum Gasteiger partial charge on any atom is 0.252 e. The second-order valence-electron chi connectivity index (χ2n) is 3.73. The molecule has 6 heteroatoms. The van der Waals surface area contributed by atoms with E-state index in [2.05, 4.69) is 17.2 Å². The van der Waals surface area contributed by atoms with Crippen molar-refractivity contribution in [2.75, 3.05) is 33.9 Å². The van der Waals surface area contributed by atoms with Gasteiger partial charge in [0, 0.05) is 26.1 Å². The molecule has 0 radical (unpaired) electrons. The minimum atomic E-state index is -0.149. The second kappa shape index (κ2) is 8.67. The zero-order chi connectivity index (χ0) is 14.1. The van der Waals surface area contributed by atoms with E-state index in [1.54, 1.807) is 25.7 Å². The largest absolute Gasteiger partial charge is 0.382 e. The Morgan fingerprint density at radius 3 is 3.00 bits per heavy atom. The highest BCUT2D eigenvalue weighted by Gasteiger charge is 2.11. The number of carbonyl (C=O) groups excluding carboxylic acids is 1. The third kappa shape index (κ3) is 5.41. The lowest BCUT2D eigenvalue weighted by Gasteiger charge is -2.14. The molecule has 1 aromatic heterocycles. The molecule has 1 amide bonds. The molecular weight excluding hydrogens is 264 g/mol. The van der Waals surface area contributed by atoms with Gasteiger partial charge in [0.15, 0.2) is 0 Å². The summed E-state index contributed by atoms with van der Waals surface area (Å²) in [6.45, 7) is 1.16. The quantitative estimate of drug-likeness (QED) is 0.743. The predicted octanol–water partition coefficient (Wildman–Crippen LogP) is 0.450. The highest BCUT2D eigenvalue weighted by atomic mass is 32.1. The van der Waals surface area contributed by atoms with E-state index < -0.39 is 0 Å². The summed E-state index contributed by atoms with van der Waals surface area (Å²) in [5, 5.41) is 4.57. The molecule has 1 unspecified atom stereocenters. The molecule has 1 aromatic rings. The van der Waals surface area contributed by atoms with E-state index >= 15 is 0 Å². The predicted molar refractivity (Wildman–Crippen MR) is 75.3 cm³/mol. The Morgan fingerprint density at radius 1 is 1.58 bits per heavy atom. The molecule has 0 fully saturated rings. The van der Waals surface area contributed by atoms with E-state index in [-0.39, 0.29) is 12.0 Å². The molecule has 0 saturated carbocycles. The smallest absolute Gasteiger partial charge is 0.252 e. The third-order valence-electron chi connectivity index (χ3n) is 2.35. The average Bonchev–Trinajstić information content (AvgIpc) is 2.89. The summed E-state index contributed by atoms with van der Waals surface area (Å²) in [5.41, 5.74) is 5.89. The van der Waals surface area contributed by atoms with Gasteiger partial charge in [0.1, 0.15) is 0 Å². The number of rotatable bonds is 6. The van der Waals surface area contributed by atoms with Gasteiger partial charge < -0.3 is 20.5 Å². The lowest BCUT2D eigenvalue weighted by Crippen LogP contribution is -2.35. The summed E-state index contributed by atoms with van der Waals surface area (Å²) < 4.78 is 10.1. The van der Waals surface area contributed by atoms with Crippen LogP contribution in [0.4, 0.5) is 0 Å². The number of hydrogen-bond acceptors (Lipinski definition) is 5. The number of methoxy groups -OCH3 is 2. The van der Waals surface area contributed by atoms with Gasteiger partial charge in [0.05, 0.1) is 29.7 Å². The van der Waals surface area contributed by atoms with E-state index in [1.807, 2.05) is 0 Å². The minimum absolute atomic E-state index is 0.143. The molecule has 0 aliphatic rings. The molecule has 19 heavy (non-hydrogen) atoms. The summed E-state index contributed by atoms with van der Waals surface area (Å²) in [5.74, 6) is 5.50. The fourth-order valence-electron chi connectivity index (χ4n) is 1.36. The Kier molecular flexibility index (Phi) is 7.15. The van der Waals surface area contributed by atoms with Crippen LogP contribution in [0.3, 0.4) is 0 Å². The summed E-state index contributed by atoms with van der Waals surface area (Å²) in [7, 11) is 3.18. The zero-order valence-corrected chi connectivity index (χ0v) is 11.9. The van der Waals surface area contributed by atoms with Crippen molar-refractivity contribution in [1.82, 2.24) is 5.32 Å². The summed E-state index contributed by atoms with van der Waals surface area (Å²) in [6.07, 6.45) is -0.149. The maximum atomic E-state index is 11.9. The van der Waals surface area contributed by atoms with Crippen molar-refractivity contribution in [2.24, 2.45) is 5.73 Å². The van der Waals surface area contributed by atoms with Crippen LogP contribution in [-0.4, -0.2) is 45.9 Å². The average molecular weight is 282 g/mol. The molecule has 0 spiro atoms. The van der Waals surface area contributed by atoms with Crippen molar-refractivity contribution in [3.8, 4) is 11.8 Å². The molecule has 1 rings (SSSR count). The van der Waals surface area contributed by atoms with Crippen LogP contribution in [-0.2, 0) is 9.47 Å². The van der Waals surface area contributed by atoms with Gasteiger partial charge in [-0.1, -0.05) is 11.8 Å². The first-order valence-corrected chi connectivity index (χ1v) is 6.66. The van der Waals surface area contributed by atoms with E-state index in [1.165, 1.54) is 11.3 Å². The number of amides is 1. The maximum absolute atomic E-state index is 11.9. The summed E-state index contributed by atoms with van der Waals surface area (Å²) in [6, 6.07) is 1.75. The fourth-order valence-corrected chi connectivity index (χ4v) is 2.12. The highest BCUT2D eigenvalue weighted by molar-refractivity contribution is 7.10. The Labute approximate surface area is 117 Å². The SMILES string of the molecule is COCC(CNC(=O)c1csc(C#CCN)c1)OC. The topological polar surface area (TPSA) is 73.6 Å². The molecule has 0 aliphatic carbocycles. The normalized spacial score (nSPS) is 11.5. The molecular formula is C13H18N2O3S. The van der Waals surface area contributed by atoms with Crippen molar-refractivity contribution in [3.05, 3.63) is 21.9 Å². The molecule has 3 N–H and O–H groups in total. The number of hydrogen-bond donors (Lipinski definition) is 2.